The van der Waals surface area contributed by atoms with E-state index in [1.165, 1.54) is 5.56 Å². The molecule has 1 amide bonds. The van der Waals surface area contributed by atoms with E-state index in [-0.39, 0.29) is 18.3 Å². The molecule has 5 heteroatoms. The van der Waals surface area contributed by atoms with Gasteiger partial charge < -0.3 is 10.2 Å². The van der Waals surface area contributed by atoms with Crippen LogP contribution in [0.25, 0.3) is 0 Å². The van der Waals surface area contributed by atoms with Crippen LogP contribution >= 0.6 is 24.2 Å². The minimum absolute atomic E-state index is 0. The van der Waals surface area contributed by atoms with Gasteiger partial charge in [-0.25, -0.2) is 0 Å². The first-order chi connectivity index (χ1) is 8.33. The molecular weight excluding hydrogens is 268 g/mol. The lowest BCUT2D eigenvalue weighted by atomic mass is 10.1. The van der Waals surface area contributed by atoms with Crippen molar-refractivity contribution in [3.8, 4) is 0 Å². The van der Waals surface area contributed by atoms with Gasteiger partial charge in [0.15, 0.2) is 0 Å². The Morgan fingerprint density at radius 2 is 2.22 bits per heavy atom. The molecule has 0 spiro atoms. The van der Waals surface area contributed by atoms with Crippen molar-refractivity contribution in [1.82, 2.24) is 5.32 Å². The molecule has 0 bridgehead atoms. The quantitative estimate of drug-likeness (QED) is 0.925. The molecule has 100 valence electrons. The molecule has 1 aliphatic heterocycles. The summed E-state index contributed by atoms with van der Waals surface area (Å²) in [5, 5.41) is 3.35. The molecule has 0 saturated heterocycles. The molecular formula is C13H19ClN2OS. The second kappa shape index (κ2) is 7.67. The summed E-state index contributed by atoms with van der Waals surface area (Å²) in [6.45, 7) is 2.48. The third-order valence-corrected chi connectivity index (χ3v) is 3.54. The molecule has 0 radical (unpaired) electrons. The van der Waals surface area contributed by atoms with Gasteiger partial charge in [-0.1, -0.05) is 18.2 Å². The number of fused-ring (bicyclic) bond motifs is 1. The number of rotatable bonds is 3. The highest BCUT2D eigenvalue weighted by atomic mass is 35.5. The van der Waals surface area contributed by atoms with E-state index in [0.29, 0.717) is 6.42 Å². The standard InChI is InChI=1S/C13H18N2OS.ClH/c1-17-9-6-13(16)15-8-7-14-10-11-4-2-3-5-12(11)15;/h2-5,14H,6-10H2,1H3;1H. The number of amides is 1. The lowest BCUT2D eigenvalue weighted by molar-refractivity contribution is -0.118. The van der Waals surface area contributed by atoms with Gasteiger partial charge in [0.1, 0.15) is 0 Å². The Labute approximate surface area is 119 Å². The van der Waals surface area contributed by atoms with Crippen LogP contribution in [0.5, 0.6) is 0 Å². The highest BCUT2D eigenvalue weighted by molar-refractivity contribution is 7.98. The van der Waals surface area contributed by atoms with Gasteiger partial charge in [0.05, 0.1) is 0 Å². The number of carbonyl (C=O) groups excluding carboxylic acids is 1. The lowest BCUT2D eigenvalue weighted by Gasteiger charge is -2.22. The third-order valence-electron chi connectivity index (χ3n) is 2.93. The number of thioether (sulfide) groups is 1. The molecule has 0 atom stereocenters. The van der Waals surface area contributed by atoms with Crippen LogP contribution in [-0.2, 0) is 11.3 Å². The van der Waals surface area contributed by atoms with E-state index in [1.807, 2.05) is 29.4 Å². The largest absolute Gasteiger partial charge is 0.311 e. The summed E-state index contributed by atoms with van der Waals surface area (Å²) in [7, 11) is 0. The van der Waals surface area contributed by atoms with Crippen LogP contribution in [0.4, 0.5) is 5.69 Å². The minimum atomic E-state index is 0. The van der Waals surface area contributed by atoms with Crippen molar-refractivity contribution < 1.29 is 4.79 Å². The molecule has 0 aliphatic carbocycles. The topological polar surface area (TPSA) is 32.3 Å². The zero-order valence-electron chi connectivity index (χ0n) is 10.5. The number of anilines is 1. The molecule has 1 N–H and O–H groups in total. The molecule has 1 heterocycles. The van der Waals surface area contributed by atoms with Crippen LogP contribution in [0.15, 0.2) is 24.3 Å². The predicted molar refractivity (Wildman–Crippen MR) is 80.7 cm³/mol. The first-order valence-corrected chi connectivity index (χ1v) is 7.30. The van der Waals surface area contributed by atoms with Gasteiger partial charge in [0.2, 0.25) is 5.91 Å². The van der Waals surface area contributed by atoms with E-state index in [9.17, 15) is 4.79 Å². The fraction of sp³-hybridized carbons (Fsp3) is 0.462. The first-order valence-electron chi connectivity index (χ1n) is 5.91. The third kappa shape index (κ3) is 3.64. The summed E-state index contributed by atoms with van der Waals surface area (Å²) in [6.07, 6.45) is 2.65. The fourth-order valence-corrected chi connectivity index (χ4v) is 2.42. The summed E-state index contributed by atoms with van der Waals surface area (Å²) < 4.78 is 0. The van der Waals surface area contributed by atoms with Crippen LogP contribution in [-0.4, -0.2) is 31.0 Å². The molecule has 0 fully saturated rings. The molecule has 18 heavy (non-hydrogen) atoms. The minimum Gasteiger partial charge on any atom is -0.311 e. The van der Waals surface area contributed by atoms with Crippen LogP contribution in [0, 0.1) is 0 Å². The van der Waals surface area contributed by atoms with E-state index in [1.54, 1.807) is 11.8 Å². The Bertz CT molecular complexity index is 400. The van der Waals surface area contributed by atoms with Gasteiger partial charge in [-0.15, -0.1) is 12.4 Å². The van der Waals surface area contributed by atoms with Crippen LogP contribution in [0.3, 0.4) is 0 Å². The molecule has 0 unspecified atom stereocenters. The average Bonchev–Trinajstić information content (AvgIpc) is 2.58. The molecule has 1 aliphatic rings. The van der Waals surface area contributed by atoms with E-state index in [0.717, 1.165) is 31.1 Å². The SMILES string of the molecule is CSCCC(=O)N1CCNCc2ccccc21.Cl. The highest BCUT2D eigenvalue weighted by Crippen LogP contribution is 2.22. The number of benzene rings is 1. The van der Waals surface area contributed by atoms with Gasteiger partial charge in [-0.3, -0.25) is 4.79 Å². The predicted octanol–water partition coefficient (Wildman–Crippen LogP) is 2.30. The Morgan fingerprint density at radius 3 is 3.00 bits per heavy atom. The summed E-state index contributed by atoms with van der Waals surface area (Å²) in [5.74, 6) is 1.13. The van der Waals surface area contributed by atoms with Crippen molar-refractivity contribution in [1.29, 1.82) is 0 Å². The second-order valence-electron chi connectivity index (χ2n) is 4.09. The fourth-order valence-electron chi connectivity index (χ4n) is 2.04. The highest BCUT2D eigenvalue weighted by Gasteiger charge is 2.19. The van der Waals surface area contributed by atoms with Crippen LogP contribution in [0.2, 0.25) is 0 Å². The van der Waals surface area contributed by atoms with Gasteiger partial charge in [0.25, 0.3) is 0 Å². The number of nitrogens with zero attached hydrogens (tertiary/aromatic N) is 1. The second-order valence-corrected chi connectivity index (χ2v) is 5.08. The van der Waals surface area contributed by atoms with Gasteiger partial charge in [-0.2, -0.15) is 11.8 Å². The van der Waals surface area contributed by atoms with Crippen molar-refractivity contribution in [2.45, 2.75) is 13.0 Å². The van der Waals surface area contributed by atoms with Gasteiger partial charge >= 0.3 is 0 Å². The molecule has 0 saturated carbocycles. The summed E-state index contributed by atoms with van der Waals surface area (Å²) in [4.78, 5) is 14.1. The lowest BCUT2D eigenvalue weighted by Crippen LogP contribution is -2.34. The maximum atomic E-state index is 12.2. The summed E-state index contributed by atoms with van der Waals surface area (Å²) in [5.41, 5.74) is 2.28. The first kappa shape index (κ1) is 15.3. The Hall–Kier alpha value is -0.710. The normalized spacial score (nSPS) is 14.4. The van der Waals surface area contributed by atoms with Crippen molar-refractivity contribution in [2.24, 2.45) is 0 Å². The van der Waals surface area contributed by atoms with Crippen molar-refractivity contribution in [2.75, 3.05) is 30.0 Å². The monoisotopic (exact) mass is 286 g/mol. The Kier molecular flexibility index (Phi) is 6.54. The number of carbonyl (C=O) groups is 1. The number of nitrogens with one attached hydrogen (secondary N) is 1. The Balaban J connectivity index is 0.00000162. The van der Waals surface area contributed by atoms with Crippen molar-refractivity contribution in [3.63, 3.8) is 0 Å². The maximum absolute atomic E-state index is 12.2. The van der Waals surface area contributed by atoms with Gasteiger partial charge in [0, 0.05) is 37.5 Å². The van der Waals surface area contributed by atoms with Crippen LogP contribution < -0.4 is 10.2 Å². The summed E-state index contributed by atoms with van der Waals surface area (Å²) in [6, 6.07) is 8.15. The van der Waals surface area contributed by atoms with Crippen molar-refractivity contribution >= 4 is 35.8 Å². The zero-order valence-corrected chi connectivity index (χ0v) is 12.1. The number of hydrogen-bond acceptors (Lipinski definition) is 3. The van der Waals surface area contributed by atoms with Crippen molar-refractivity contribution in [3.05, 3.63) is 29.8 Å². The number of halogens is 1. The maximum Gasteiger partial charge on any atom is 0.227 e. The number of para-hydroxylation sites is 1. The molecule has 2 rings (SSSR count). The Morgan fingerprint density at radius 1 is 1.44 bits per heavy atom. The van der Waals surface area contributed by atoms with E-state index in [2.05, 4.69) is 11.4 Å². The average molecular weight is 287 g/mol. The smallest absolute Gasteiger partial charge is 0.227 e. The number of hydrogen-bond donors (Lipinski definition) is 1. The van der Waals surface area contributed by atoms with E-state index >= 15 is 0 Å². The van der Waals surface area contributed by atoms with Gasteiger partial charge in [-0.05, 0) is 17.9 Å². The molecule has 1 aromatic rings. The molecule has 3 nitrogen and oxygen atoms in total. The van der Waals surface area contributed by atoms with E-state index < -0.39 is 0 Å². The van der Waals surface area contributed by atoms with E-state index in [4.69, 9.17) is 0 Å². The van der Waals surface area contributed by atoms with Crippen LogP contribution in [0.1, 0.15) is 12.0 Å². The molecule has 1 aromatic carbocycles. The zero-order chi connectivity index (χ0) is 12.1. The summed E-state index contributed by atoms with van der Waals surface area (Å²) >= 11 is 1.72. The molecule has 0 aromatic heterocycles.